The molecule has 0 spiro atoms. The number of rotatable bonds is 7. The number of benzene rings is 2. The van der Waals surface area contributed by atoms with Crippen LogP contribution < -0.4 is 0 Å². The molecule has 27 heavy (non-hydrogen) atoms. The molecule has 1 fully saturated rings. The standard InChI is InChI=1S/C21H26N2OS.2ClH/c1-25-20-9-7-19(8-10-20)21(24)11-12-22-13-15-23(16-14-22)17-18-5-3-2-4-6-18;;/h2-10H,11-17H2,1H3;2*1H. The van der Waals surface area contributed by atoms with Gasteiger partial charge in [-0.1, -0.05) is 42.5 Å². The zero-order chi connectivity index (χ0) is 17.5. The molecular weight excluding hydrogens is 399 g/mol. The van der Waals surface area contributed by atoms with Gasteiger partial charge in [0.2, 0.25) is 0 Å². The number of piperazine rings is 1. The van der Waals surface area contributed by atoms with Gasteiger partial charge in [0.25, 0.3) is 0 Å². The number of Topliss-reactive ketones (excluding diaryl/α,β-unsaturated/α-hetero) is 1. The number of hydrogen-bond donors (Lipinski definition) is 0. The van der Waals surface area contributed by atoms with E-state index in [1.54, 1.807) is 11.8 Å². The molecule has 1 aliphatic heterocycles. The van der Waals surface area contributed by atoms with Crippen LogP contribution in [0, 0.1) is 0 Å². The maximum atomic E-state index is 12.3. The van der Waals surface area contributed by atoms with Crippen molar-refractivity contribution in [3.8, 4) is 0 Å². The van der Waals surface area contributed by atoms with Crippen LogP contribution >= 0.6 is 36.6 Å². The molecule has 3 rings (SSSR count). The van der Waals surface area contributed by atoms with Crippen molar-refractivity contribution in [1.29, 1.82) is 0 Å². The molecule has 0 atom stereocenters. The highest BCUT2D eigenvalue weighted by molar-refractivity contribution is 7.98. The molecule has 0 radical (unpaired) electrons. The number of hydrogen-bond acceptors (Lipinski definition) is 4. The second-order valence-electron chi connectivity index (χ2n) is 6.51. The van der Waals surface area contributed by atoms with Crippen molar-refractivity contribution in [2.24, 2.45) is 0 Å². The van der Waals surface area contributed by atoms with E-state index in [1.807, 2.05) is 30.5 Å². The first kappa shape index (κ1) is 24.0. The highest BCUT2D eigenvalue weighted by Gasteiger charge is 2.17. The minimum absolute atomic E-state index is 0. The molecule has 0 aromatic heterocycles. The fraction of sp³-hybridized carbons (Fsp3) is 0.381. The van der Waals surface area contributed by atoms with Crippen molar-refractivity contribution >= 4 is 42.4 Å². The Morgan fingerprint density at radius 2 is 1.48 bits per heavy atom. The predicted molar refractivity (Wildman–Crippen MR) is 120 cm³/mol. The number of thioether (sulfide) groups is 1. The molecule has 1 aliphatic rings. The van der Waals surface area contributed by atoms with Crippen LogP contribution in [-0.4, -0.2) is 54.6 Å². The maximum absolute atomic E-state index is 12.3. The summed E-state index contributed by atoms with van der Waals surface area (Å²) in [6, 6.07) is 18.6. The average molecular weight is 427 g/mol. The lowest BCUT2D eigenvalue weighted by Crippen LogP contribution is -2.46. The molecule has 0 aliphatic carbocycles. The Hall–Kier alpha value is -1.04. The van der Waals surface area contributed by atoms with E-state index in [9.17, 15) is 4.79 Å². The Balaban J connectivity index is 0.00000182. The Morgan fingerprint density at radius 1 is 0.889 bits per heavy atom. The minimum atomic E-state index is 0. The molecule has 1 heterocycles. The molecule has 0 N–H and O–H groups in total. The third kappa shape index (κ3) is 7.47. The zero-order valence-corrected chi connectivity index (χ0v) is 18.1. The second kappa shape index (κ2) is 12.4. The molecular formula is C21H28Cl2N2OS. The first-order valence-electron chi connectivity index (χ1n) is 8.90. The zero-order valence-electron chi connectivity index (χ0n) is 15.7. The topological polar surface area (TPSA) is 23.6 Å². The third-order valence-corrected chi connectivity index (χ3v) is 5.52. The van der Waals surface area contributed by atoms with Crippen LogP contribution in [0.5, 0.6) is 0 Å². The van der Waals surface area contributed by atoms with Gasteiger partial charge in [-0.25, -0.2) is 0 Å². The van der Waals surface area contributed by atoms with Gasteiger partial charge in [-0.15, -0.1) is 36.6 Å². The summed E-state index contributed by atoms with van der Waals surface area (Å²) in [4.78, 5) is 18.5. The van der Waals surface area contributed by atoms with Crippen LogP contribution in [0.3, 0.4) is 0 Å². The molecule has 6 heteroatoms. The van der Waals surface area contributed by atoms with Crippen LogP contribution in [0.25, 0.3) is 0 Å². The minimum Gasteiger partial charge on any atom is -0.300 e. The summed E-state index contributed by atoms with van der Waals surface area (Å²) < 4.78 is 0. The summed E-state index contributed by atoms with van der Waals surface area (Å²) in [5.74, 6) is 0.249. The van der Waals surface area contributed by atoms with Gasteiger partial charge in [-0.05, 0) is 24.0 Å². The Morgan fingerprint density at radius 3 is 2.07 bits per heavy atom. The third-order valence-electron chi connectivity index (χ3n) is 4.78. The average Bonchev–Trinajstić information content (AvgIpc) is 2.68. The smallest absolute Gasteiger partial charge is 0.164 e. The molecule has 148 valence electrons. The van der Waals surface area contributed by atoms with Crippen molar-refractivity contribution in [3.63, 3.8) is 0 Å². The first-order chi connectivity index (χ1) is 12.2. The van der Waals surface area contributed by atoms with E-state index in [0.717, 1.165) is 44.8 Å². The number of ketones is 1. The lowest BCUT2D eigenvalue weighted by atomic mass is 10.1. The lowest BCUT2D eigenvalue weighted by molar-refractivity contribution is 0.0922. The first-order valence-corrected chi connectivity index (χ1v) is 10.1. The lowest BCUT2D eigenvalue weighted by Gasteiger charge is -2.34. The predicted octanol–water partition coefficient (Wildman–Crippen LogP) is 4.64. The summed E-state index contributed by atoms with van der Waals surface area (Å²) >= 11 is 1.70. The molecule has 0 saturated carbocycles. The summed E-state index contributed by atoms with van der Waals surface area (Å²) in [5.41, 5.74) is 2.21. The van der Waals surface area contributed by atoms with E-state index in [0.29, 0.717) is 6.42 Å². The summed E-state index contributed by atoms with van der Waals surface area (Å²) in [5, 5.41) is 0. The van der Waals surface area contributed by atoms with Crippen LogP contribution in [-0.2, 0) is 6.54 Å². The van der Waals surface area contributed by atoms with E-state index in [4.69, 9.17) is 0 Å². The summed E-state index contributed by atoms with van der Waals surface area (Å²) in [6.45, 7) is 6.13. The van der Waals surface area contributed by atoms with Gasteiger partial charge in [0.1, 0.15) is 0 Å². The quantitative estimate of drug-likeness (QED) is 0.474. The normalized spacial score (nSPS) is 14.9. The molecule has 0 bridgehead atoms. The fourth-order valence-electron chi connectivity index (χ4n) is 3.19. The number of carbonyl (C=O) groups excluding carboxylic acids is 1. The Bertz CT molecular complexity index is 674. The molecule has 2 aromatic carbocycles. The van der Waals surface area contributed by atoms with Gasteiger partial charge in [0.15, 0.2) is 5.78 Å². The monoisotopic (exact) mass is 426 g/mol. The van der Waals surface area contributed by atoms with Crippen LogP contribution in [0.4, 0.5) is 0 Å². The summed E-state index contributed by atoms with van der Waals surface area (Å²) in [6.07, 6.45) is 2.66. The van der Waals surface area contributed by atoms with Gasteiger partial charge >= 0.3 is 0 Å². The SMILES string of the molecule is CSc1ccc(C(=O)CCN2CCN(Cc3ccccc3)CC2)cc1.Cl.Cl. The molecule has 3 nitrogen and oxygen atoms in total. The van der Waals surface area contributed by atoms with Crippen molar-refractivity contribution in [1.82, 2.24) is 9.80 Å². The van der Waals surface area contributed by atoms with Gasteiger partial charge < -0.3 is 4.90 Å². The van der Waals surface area contributed by atoms with Gasteiger partial charge in [-0.2, -0.15) is 0 Å². The number of halogens is 2. The maximum Gasteiger partial charge on any atom is 0.164 e. The van der Waals surface area contributed by atoms with E-state index in [-0.39, 0.29) is 30.6 Å². The van der Waals surface area contributed by atoms with E-state index in [2.05, 4.69) is 40.1 Å². The Labute approximate surface area is 179 Å². The van der Waals surface area contributed by atoms with Crippen molar-refractivity contribution in [3.05, 3.63) is 65.7 Å². The van der Waals surface area contributed by atoms with Gasteiger partial charge in [0, 0.05) is 56.1 Å². The van der Waals surface area contributed by atoms with Crippen molar-refractivity contribution in [2.45, 2.75) is 17.9 Å². The highest BCUT2D eigenvalue weighted by Crippen LogP contribution is 2.16. The largest absolute Gasteiger partial charge is 0.300 e. The van der Waals surface area contributed by atoms with Crippen LogP contribution in [0.2, 0.25) is 0 Å². The van der Waals surface area contributed by atoms with E-state index in [1.165, 1.54) is 10.5 Å². The molecule has 0 unspecified atom stereocenters. The van der Waals surface area contributed by atoms with E-state index < -0.39 is 0 Å². The fourth-order valence-corrected chi connectivity index (χ4v) is 3.60. The Kier molecular flexibility index (Phi) is 11.0. The second-order valence-corrected chi connectivity index (χ2v) is 7.38. The van der Waals surface area contributed by atoms with Crippen LogP contribution in [0.15, 0.2) is 59.5 Å². The summed E-state index contributed by atoms with van der Waals surface area (Å²) in [7, 11) is 0. The number of carbonyl (C=O) groups is 1. The molecule has 2 aromatic rings. The van der Waals surface area contributed by atoms with Gasteiger partial charge in [0.05, 0.1) is 0 Å². The van der Waals surface area contributed by atoms with Gasteiger partial charge in [-0.3, -0.25) is 9.69 Å². The van der Waals surface area contributed by atoms with Crippen molar-refractivity contribution in [2.75, 3.05) is 39.0 Å². The highest BCUT2D eigenvalue weighted by atomic mass is 35.5. The number of nitrogens with zero attached hydrogens (tertiary/aromatic N) is 2. The van der Waals surface area contributed by atoms with Crippen LogP contribution in [0.1, 0.15) is 22.3 Å². The molecule has 1 saturated heterocycles. The van der Waals surface area contributed by atoms with Crippen molar-refractivity contribution < 1.29 is 4.79 Å². The van der Waals surface area contributed by atoms with E-state index >= 15 is 0 Å². The molecule has 0 amide bonds.